The predicted molar refractivity (Wildman–Crippen MR) is 101 cm³/mol. The molecular formula is C17H20N4O6S. The number of carboxylic acid groups (broad SMARTS) is 1. The lowest BCUT2D eigenvalue weighted by atomic mass is 10.0. The fraction of sp³-hybridized carbons (Fsp3) is 0.235. The second kappa shape index (κ2) is 8.23. The number of nitrogens with one attached hydrogen (secondary N) is 1. The largest absolute Gasteiger partial charge is 0.477 e. The Hall–Kier alpha value is -3.18. The number of hydrogen-bond donors (Lipinski definition) is 3. The highest BCUT2D eigenvalue weighted by molar-refractivity contribution is 7.87. The van der Waals surface area contributed by atoms with Crippen molar-refractivity contribution in [3.05, 3.63) is 47.8 Å². The average Bonchev–Trinajstić information content (AvgIpc) is 3.11. The first-order valence-corrected chi connectivity index (χ1v) is 9.61. The topological polar surface area (TPSA) is 152 Å². The minimum atomic E-state index is -4.27. The standard InChI is InChI=1S/C17H20N4O6S/c1-19-14(22)8-9-20(2)16(23)12-5-3-11(4-6-12)13-7-10-21(28(18,26)27)15(13)17(24)25/h3-7,10H,8-9H2,1-2H3,(H,19,22)(H,24,25)(H2,18,26,27). The smallest absolute Gasteiger partial charge is 0.354 e. The van der Waals surface area contributed by atoms with Gasteiger partial charge in [-0.2, -0.15) is 8.42 Å². The molecule has 0 saturated carbocycles. The van der Waals surface area contributed by atoms with Gasteiger partial charge in [0.2, 0.25) is 5.91 Å². The monoisotopic (exact) mass is 408 g/mol. The average molecular weight is 408 g/mol. The van der Waals surface area contributed by atoms with Crippen LogP contribution in [0.15, 0.2) is 36.5 Å². The summed E-state index contributed by atoms with van der Waals surface area (Å²) in [5.41, 5.74) is 0.396. The Bertz CT molecular complexity index is 1010. The van der Waals surface area contributed by atoms with E-state index in [0.29, 0.717) is 15.1 Å². The van der Waals surface area contributed by atoms with Crippen molar-refractivity contribution >= 4 is 28.0 Å². The Morgan fingerprint density at radius 3 is 2.29 bits per heavy atom. The summed E-state index contributed by atoms with van der Waals surface area (Å²) in [5.74, 6) is -1.95. The SMILES string of the molecule is CNC(=O)CCN(C)C(=O)c1ccc(-c2ccn(S(N)(=O)=O)c2C(=O)O)cc1. The highest BCUT2D eigenvalue weighted by atomic mass is 32.2. The zero-order chi connectivity index (χ0) is 21.1. The molecule has 0 bridgehead atoms. The Kier molecular flexibility index (Phi) is 6.21. The maximum Gasteiger partial charge on any atom is 0.354 e. The van der Waals surface area contributed by atoms with Gasteiger partial charge in [0.1, 0.15) is 0 Å². The molecule has 28 heavy (non-hydrogen) atoms. The quantitative estimate of drug-likeness (QED) is 0.591. The van der Waals surface area contributed by atoms with Crippen LogP contribution >= 0.6 is 0 Å². The number of rotatable bonds is 7. The minimum absolute atomic E-state index is 0.147. The number of carbonyl (C=O) groups excluding carboxylic acids is 2. The fourth-order valence-corrected chi connectivity index (χ4v) is 3.24. The van der Waals surface area contributed by atoms with E-state index < -0.39 is 21.9 Å². The summed E-state index contributed by atoms with van der Waals surface area (Å²) in [6.07, 6.45) is 1.22. The first-order chi connectivity index (χ1) is 13.1. The Morgan fingerprint density at radius 1 is 1.18 bits per heavy atom. The van der Waals surface area contributed by atoms with Crippen molar-refractivity contribution in [2.24, 2.45) is 5.14 Å². The van der Waals surface area contributed by atoms with Gasteiger partial charge >= 0.3 is 16.2 Å². The molecule has 0 spiro atoms. The lowest BCUT2D eigenvalue weighted by molar-refractivity contribution is -0.120. The van der Waals surface area contributed by atoms with Crippen LogP contribution < -0.4 is 10.5 Å². The van der Waals surface area contributed by atoms with Gasteiger partial charge in [0.05, 0.1) is 0 Å². The maximum absolute atomic E-state index is 12.4. The molecule has 0 fully saturated rings. The molecule has 0 aliphatic carbocycles. The second-order valence-electron chi connectivity index (χ2n) is 5.95. The summed E-state index contributed by atoms with van der Waals surface area (Å²) in [7, 11) is -1.20. The van der Waals surface area contributed by atoms with E-state index in [0.717, 1.165) is 6.20 Å². The van der Waals surface area contributed by atoms with E-state index in [9.17, 15) is 27.9 Å². The Balaban J connectivity index is 2.28. The van der Waals surface area contributed by atoms with E-state index in [4.69, 9.17) is 5.14 Å². The molecule has 1 heterocycles. The third kappa shape index (κ3) is 4.56. The second-order valence-corrected chi connectivity index (χ2v) is 7.37. The van der Waals surface area contributed by atoms with Crippen molar-refractivity contribution in [2.45, 2.75) is 6.42 Å². The summed E-state index contributed by atoms with van der Waals surface area (Å²) in [6.45, 7) is 0.237. The molecule has 150 valence electrons. The van der Waals surface area contributed by atoms with Gasteiger partial charge in [-0.1, -0.05) is 12.1 Å². The van der Waals surface area contributed by atoms with Gasteiger partial charge in [-0.05, 0) is 23.8 Å². The van der Waals surface area contributed by atoms with E-state index in [-0.39, 0.29) is 30.3 Å². The van der Waals surface area contributed by atoms with Gasteiger partial charge in [0.25, 0.3) is 5.91 Å². The van der Waals surface area contributed by atoms with Crippen LogP contribution in [0.25, 0.3) is 11.1 Å². The molecule has 2 amide bonds. The van der Waals surface area contributed by atoms with Crippen LogP contribution in [0.3, 0.4) is 0 Å². The fourth-order valence-electron chi connectivity index (χ4n) is 2.58. The molecule has 2 rings (SSSR count). The Morgan fingerprint density at radius 2 is 1.79 bits per heavy atom. The molecule has 0 radical (unpaired) electrons. The normalized spacial score (nSPS) is 11.1. The molecule has 0 atom stereocenters. The van der Waals surface area contributed by atoms with Crippen LogP contribution in [0.4, 0.5) is 0 Å². The number of aromatic nitrogens is 1. The number of carbonyl (C=O) groups is 3. The van der Waals surface area contributed by atoms with E-state index in [1.165, 1.54) is 42.3 Å². The number of hydrogen-bond acceptors (Lipinski definition) is 5. The van der Waals surface area contributed by atoms with Crippen LogP contribution in [0.5, 0.6) is 0 Å². The zero-order valence-electron chi connectivity index (χ0n) is 15.2. The predicted octanol–water partition coefficient (Wildman–Crippen LogP) is 0.113. The van der Waals surface area contributed by atoms with Crippen molar-refractivity contribution in [3.8, 4) is 11.1 Å². The number of carboxylic acids is 1. The number of benzene rings is 1. The van der Waals surface area contributed by atoms with Gasteiger partial charge in [-0.15, -0.1) is 0 Å². The first kappa shape index (κ1) is 21.1. The molecular weight excluding hydrogens is 388 g/mol. The first-order valence-electron chi connectivity index (χ1n) is 8.10. The van der Waals surface area contributed by atoms with Crippen LogP contribution in [0.1, 0.15) is 27.3 Å². The summed E-state index contributed by atoms with van der Waals surface area (Å²) in [5, 5.41) is 16.9. The molecule has 1 aromatic carbocycles. The zero-order valence-corrected chi connectivity index (χ0v) is 16.1. The van der Waals surface area contributed by atoms with Gasteiger partial charge < -0.3 is 15.3 Å². The summed E-state index contributed by atoms with van der Waals surface area (Å²) in [4.78, 5) is 36.6. The Labute approximate surface area is 161 Å². The molecule has 4 N–H and O–H groups in total. The maximum atomic E-state index is 12.4. The molecule has 0 saturated heterocycles. The molecule has 1 aromatic heterocycles. The molecule has 0 unspecified atom stereocenters. The highest BCUT2D eigenvalue weighted by Gasteiger charge is 2.23. The lowest BCUT2D eigenvalue weighted by Gasteiger charge is -2.17. The number of nitrogens with two attached hydrogens (primary N) is 1. The van der Waals surface area contributed by atoms with Gasteiger partial charge in [-0.25, -0.2) is 13.9 Å². The molecule has 11 heteroatoms. The minimum Gasteiger partial charge on any atom is -0.477 e. The van der Waals surface area contributed by atoms with Gasteiger partial charge in [0, 0.05) is 44.4 Å². The molecule has 2 aromatic rings. The van der Waals surface area contributed by atoms with Crippen molar-refractivity contribution in [1.82, 2.24) is 14.2 Å². The molecule has 10 nitrogen and oxygen atoms in total. The van der Waals surface area contributed by atoms with Gasteiger partial charge in [0.15, 0.2) is 5.69 Å². The van der Waals surface area contributed by atoms with Crippen molar-refractivity contribution < 1.29 is 27.9 Å². The van der Waals surface area contributed by atoms with Crippen LogP contribution in [0, 0.1) is 0 Å². The van der Waals surface area contributed by atoms with Crippen molar-refractivity contribution in [1.29, 1.82) is 0 Å². The van der Waals surface area contributed by atoms with Crippen LogP contribution in [0.2, 0.25) is 0 Å². The van der Waals surface area contributed by atoms with E-state index in [1.807, 2.05) is 0 Å². The third-order valence-corrected chi connectivity index (χ3v) is 4.92. The van der Waals surface area contributed by atoms with E-state index in [2.05, 4.69) is 5.32 Å². The summed E-state index contributed by atoms with van der Waals surface area (Å²) >= 11 is 0. The molecule has 0 aliphatic rings. The van der Waals surface area contributed by atoms with Crippen LogP contribution in [-0.4, -0.2) is 60.8 Å². The third-order valence-electron chi connectivity index (χ3n) is 4.07. The highest BCUT2D eigenvalue weighted by Crippen LogP contribution is 2.26. The van der Waals surface area contributed by atoms with Crippen molar-refractivity contribution in [3.63, 3.8) is 0 Å². The van der Waals surface area contributed by atoms with E-state index >= 15 is 0 Å². The van der Waals surface area contributed by atoms with Crippen LogP contribution in [-0.2, 0) is 15.0 Å². The van der Waals surface area contributed by atoms with Crippen molar-refractivity contribution in [2.75, 3.05) is 20.6 Å². The number of amides is 2. The summed E-state index contributed by atoms with van der Waals surface area (Å²) in [6, 6.07) is 7.33. The molecule has 0 aliphatic heterocycles. The number of nitrogens with zero attached hydrogens (tertiary/aromatic N) is 2. The van der Waals surface area contributed by atoms with E-state index in [1.54, 1.807) is 7.05 Å². The summed E-state index contributed by atoms with van der Waals surface area (Å²) < 4.78 is 23.6. The lowest BCUT2D eigenvalue weighted by Crippen LogP contribution is -2.31. The number of aromatic carboxylic acids is 1. The van der Waals surface area contributed by atoms with Gasteiger partial charge in [-0.3, -0.25) is 9.59 Å².